The number of hydrogen-bond acceptors (Lipinski definition) is 14. The van der Waals surface area contributed by atoms with E-state index in [0.717, 1.165) is 12.0 Å². The van der Waals surface area contributed by atoms with Crippen LogP contribution in [0.5, 0.6) is 0 Å². The number of esters is 1. The van der Waals surface area contributed by atoms with E-state index in [-0.39, 0.29) is 60.9 Å². The van der Waals surface area contributed by atoms with Crippen molar-refractivity contribution in [1.29, 1.82) is 0 Å². The van der Waals surface area contributed by atoms with Gasteiger partial charge in [0.15, 0.2) is 18.4 Å². The minimum Gasteiger partial charge on any atom is -0.462 e. The maximum atomic E-state index is 14.4. The predicted molar refractivity (Wildman–Crippen MR) is 229 cm³/mol. The molecule has 6 heterocycles. The normalized spacial score (nSPS) is 49.1. The third kappa shape index (κ3) is 9.64. The van der Waals surface area contributed by atoms with Crippen molar-refractivity contribution in [3.8, 4) is 0 Å². The third-order valence-corrected chi connectivity index (χ3v) is 14.6. The molecule has 0 amide bonds. The summed E-state index contributed by atoms with van der Waals surface area (Å²) in [5, 5.41) is 23.7. The zero-order valence-electron chi connectivity index (χ0n) is 38.3. The van der Waals surface area contributed by atoms with Gasteiger partial charge in [-0.25, -0.2) is 0 Å². The summed E-state index contributed by atoms with van der Waals surface area (Å²) >= 11 is 0. The summed E-state index contributed by atoms with van der Waals surface area (Å²) in [6, 6.07) is -0.257. The lowest BCUT2D eigenvalue weighted by Gasteiger charge is -2.48. The van der Waals surface area contributed by atoms with Gasteiger partial charge >= 0.3 is 5.97 Å². The van der Waals surface area contributed by atoms with Crippen LogP contribution in [0.4, 0.5) is 0 Å². The number of hydrogen-bond donors (Lipinski definition) is 3. The average Bonchev–Trinajstić information content (AvgIpc) is 3.58. The molecule has 1 aliphatic carbocycles. The molecular formula is C48H73NO13. The van der Waals surface area contributed by atoms with Crippen molar-refractivity contribution in [1.82, 2.24) is 0 Å². The number of aliphatic hydroxyl groups is 2. The monoisotopic (exact) mass is 872 g/mol. The minimum atomic E-state index is -1.83. The third-order valence-electron chi connectivity index (χ3n) is 14.6. The van der Waals surface area contributed by atoms with E-state index in [0.29, 0.717) is 43.3 Å². The van der Waals surface area contributed by atoms with E-state index in [1.165, 1.54) is 0 Å². The van der Waals surface area contributed by atoms with Crippen molar-refractivity contribution in [3.05, 3.63) is 59.3 Å². The summed E-state index contributed by atoms with van der Waals surface area (Å²) in [4.78, 5) is 14.4. The molecule has 0 aromatic carbocycles. The van der Waals surface area contributed by atoms with Gasteiger partial charge in [0.05, 0.1) is 55.4 Å². The van der Waals surface area contributed by atoms with Crippen LogP contribution >= 0.6 is 0 Å². The van der Waals surface area contributed by atoms with Crippen LogP contribution in [0.25, 0.3) is 0 Å². The van der Waals surface area contributed by atoms with Crippen LogP contribution in [-0.4, -0.2) is 134 Å². The summed E-state index contributed by atoms with van der Waals surface area (Å²) < 4.78 is 64.1. The first kappa shape index (κ1) is 47.6. The van der Waals surface area contributed by atoms with Gasteiger partial charge in [-0.05, 0) is 62.8 Å². The fourth-order valence-electron chi connectivity index (χ4n) is 10.6. The molecule has 14 nitrogen and oxygen atoms in total. The van der Waals surface area contributed by atoms with Crippen LogP contribution in [0.1, 0.15) is 93.9 Å². The van der Waals surface area contributed by atoms with Gasteiger partial charge in [0.1, 0.15) is 35.9 Å². The molecule has 4 fully saturated rings. The van der Waals surface area contributed by atoms with E-state index in [4.69, 9.17) is 53.1 Å². The van der Waals surface area contributed by atoms with Crippen molar-refractivity contribution in [2.45, 2.75) is 191 Å². The number of allylic oxidation sites excluding steroid dienone is 2. The van der Waals surface area contributed by atoms with Gasteiger partial charge in [-0.1, -0.05) is 70.6 Å². The molecule has 62 heavy (non-hydrogen) atoms. The molecular weight excluding hydrogens is 799 g/mol. The smallest absolute Gasteiger partial charge is 0.316 e. The molecule has 0 aromatic heterocycles. The van der Waals surface area contributed by atoms with Crippen molar-refractivity contribution in [2.24, 2.45) is 29.4 Å². The Balaban J connectivity index is 1.18. The zero-order valence-corrected chi connectivity index (χ0v) is 38.3. The second-order valence-corrected chi connectivity index (χ2v) is 19.0. The van der Waals surface area contributed by atoms with Gasteiger partial charge in [0.25, 0.3) is 0 Å². The van der Waals surface area contributed by atoms with Crippen molar-refractivity contribution in [2.75, 3.05) is 20.8 Å². The van der Waals surface area contributed by atoms with Gasteiger partial charge < -0.3 is 63.3 Å². The SMILES string of the molecule is CC[C@H](C)[C@H]1O[C@]2(C=C[C@@H]1C)C[C@@H]1C[C@@H](C/C=C(\C)[C@@H](O[C@H]3C[C@H](OC)[C@@H](O[C@H]4C[C@H](OC)[C@H](N)[C@H](C)O4)[C@H](C)O3)[C@@H](C)/C=C/C=C3\CO[C@@H]4[C@H](O)C(C)=C[C@@H](C(=O)O1)[C@]34O)O2. The summed E-state index contributed by atoms with van der Waals surface area (Å²) in [5.74, 6) is -2.53. The quantitative estimate of drug-likeness (QED) is 0.211. The number of nitrogens with two attached hydrogens (primary N) is 1. The van der Waals surface area contributed by atoms with E-state index in [2.05, 4.69) is 46.8 Å². The van der Waals surface area contributed by atoms with Gasteiger partial charge in [-0.15, -0.1) is 0 Å². The molecule has 4 N–H and O–H groups in total. The molecule has 20 atom stereocenters. The Bertz CT molecular complexity index is 1730. The first-order valence-electron chi connectivity index (χ1n) is 22.9. The van der Waals surface area contributed by atoms with E-state index in [1.807, 2.05) is 32.1 Å². The van der Waals surface area contributed by atoms with Gasteiger partial charge in [0.2, 0.25) is 0 Å². The molecule has 0 unspecified atom stereocenters. The van der Waals surface area contributed by atoms with E-state index < -0.39 is 72.5 Å². The molecule has 6 aliphatic heterocycles. The average molecular weight is 872 g/mol. The van der Waals surface area contributed by atoms with Crippen molar-refractivity contribution in [3.63, 3.8) is 0 Å². The Hall–Kier alpha value is -2.31. The predicted octanol–water partition coefficient (Wildman–Crippen LogP) is 5.34. The Morgan fingerprint density at radius 1 is 0.919 bits per heavy atom. The van der Waals surface area contributed by atoms with Crippen LogP contribution in [0.2, 0.25) is 0 Å². The molecule has 0 saturated carbocycles. The first-order valence-corrected chi connectivity index (χ1v) is 22.9. The number of rotatable bonds is 8. The highest BCUT2D eigenvalue weighted by atomic mass is 16.7. The van der Waals surface area contributed by atoms with Crippen molar-refractivity contribution >= 4 is 5.97 Å². The van der Waals surface area contributed by atoms with Crippen LogP contribution < -0.4 is 5.73 Å². The second kappa shape index (κ2) is 19.7. The largest absolute Gasteiger partial charge is 0.462 e. The highest BCUT2D eigenvalue weighted by molar-refractivity contribution is 5.78. The molecule has 7 aliphatic rings. The Labute approximate surface area is 368 Å². The molecule has 7 rings (SSSR count). The first-order chi connectivity index (χ1) is 29.5. The highest BCUT2D eigenvalue weighted by Gasteiger charge is 2.60. The maximum Gasteiger partial charge on any atom is 0.316 e. The van der Waals surface area contributed by atoms with Crippen LogP contribution in [0.15, 0.2) is 59.3 Å². The fraction of sp³-hybridized carbons (Fsp3) is 0.771. The standard InChI is InChI=1S/C48H73NO13/c1-11-25(2)43-28(5)17-18-47(62-43)23-34-20-33(61-47)16-15-27(4)42(26(3)13-12-14-32-24-55-45-41(50)29(6)19-35(46(51)58-34)48(32,45)52)59-39-22-37(54-10)44(31(8)57-39)60-38-21-36(53-9)40(49)30(7)56-38/h12-15,17-19,25-26,28,30-31,33-45,50,52H,11,16,20-24,49H2,1-10H3/b13-12+,27-15+,32-14+/t25-,26-,28-,30-,31-,33+,34-,35-,36-,37-,38-,39-,40+,41+,42-,43+,44-,45+,47+,48+/m0/s1. The van der Waals surface area contributed by atoms with Crippen LogP contribution in [-0.2, 0) is 52.2 Å². The molecule has 0 radical (unpaired) electrons. The number of fused-ring (bicyclic) bond motifs is 2. The second-order valence-electron chi connectivity index (χ2n) is 19.0. The van der Waals surface area contributed by atoms with Crippen molar-refractivity contribution < 1.29 is 62.4 Å². The number of aliphatic hydroxyl groups excluding tert-OH is 1. The van der Waals surface area contributed by atoms with E-state index >= 15 is 0 Å². The number of methoxy groups -OCH3 is 2. The Morgan fingerprint density at radius 3 is 2.35 bits per heavy atom. The molecule has 1 spiro atoms. The lowest BCUT2D eigenvalue weighted by atomic mass is 9.71. The van der Waals surface area contributed by atoms with Crippen LogP contribution in [0.3, 0.4) is 0 Å². The number of carbonyl (C=O) groups excluding carboxylic acids is 1. The minimum absolute atomic E-state index is 0.0379. The lowest BCUT2D eigenvalue weighted by molar-refractivity contribution is -0.311. The lowest BCUT2D eigenvalue weighted by Crippen LogP contribution is -2.58. The zero-order chi connectivity index (χ0) is 44.7. The van der Waals surface area contributed by atoms with Crippen LogP contribution in [0, 0.1) is 23.7 Å². The molecule has 2 bridgehead atoms. The summed E-state index contributed by atoms with van der Waals surface area (Å²) in [5.41, 5.74) is 6.48. The van der Waals surface area contributed by atoms with Gasteiger partial charge in [0, 0.05) is 51.7 Å². The number of carbonyl (C=O) groups is 1. The molecule has 4 saturated heterocycles. The summed E-state index contributed by atoms with van der Waals surface area (Å²) in [7, 11) is 3.32. The van der Waals surface area contributed by atoms with E-state index in [1.54, 1.807) is 33.3 Å². The Kier molecular flexibility index (Phi) is 15.1. The highest BCUT2D eigenvalue weighted by Crippen LogP contribution is 2.47. The molecule has 14 heteroatoms. The molecule has 0 aromatic rings. The molecule has 348 valence electrons. The topological polar surface area (TPSA) is 176 Å². The fourth-order valence-corrected chi connectivity index (χ4v) is 10.6. The maximum absolute atomic E-state index is 14.4. The summed E-state index contributed by atoms with van der Waals surface area (Å²) in [6.45, 7) is 16.3. The van der Waals surface area contributed by atoms with E-state index in [9.17, 15) is 15.0 Å². The number of ether oxygens (including phenoxy) is 10. The van der Waals surface area contributed by atoms with Gasteiger partial charge in [-0.3, -0.25) is 4.79 Å². The Morgan fingerprint density at radius 2 is 1.63 bits per heavy atom. The van der Waals surface area contributed by atoms with Gasteiger partial charge in [-0.2, -0.15) is 0 Å². The summed E-state index contributed by atoms with van der Waals surface area (Å²) in [6.07, 6.45) is 10.2.